The first kappa shape index (κ1) is 12.0. The fourth-order valence-corrected chi connectivity index (χ4v) is 1.50. The highest BCUT2D eigenvalue weighted by Crippen LogP contribution is 2.15. The molecule has 1 amide bonds. The number of H-pyrrole nitrogens is 2. The number of nitrogen functional groups attached to an aromatic ring is 1. The van der Waals surface area contributed by atoms with Crippen molar-refractivity contribution in [2.45, 2.75) is 26.3 Å². The monoisotopic (exact) mass is 250 g/mol. The van der Waals surface area contributed by atoms with E-state index >= 15 is 0 Å². The zero-order valence-electron chi connectivity index (χ0n) is 9.90. The van der Waals surface area contributed by atoms with Crippen molar-refractivity contribution >= 4 is 11.6 Å². The number of nitrogens with one attached hydrogen (secondary N) is 3. The van der Waals surface area contributed by atoms with E-state index in [0.717, 1.165) is 18.5 Å². The minimum absolute atomic E-state index is 0.171. The third kappa shape index (κ3) is 2.44. The van der Waals surface area contributed by atoms with Crippen LogP contribution in [0, 0.1) is 0 Å². The van der Waals surface area contributed by atoms with Crippen LogP contribution in [0.15, 0.2) is 0 Å². The van der Waals surface area contributed by atoms with Gasteiger partial charge >= 0.3 is 0 Å². The summed E-state index contributed by atoms with van der Waals surface area (Å²) < 4.78 is 0. The molecule has 2 aromatic rings. The Balaban J connectivity index is 2.00. The number of rotatable bonds is 5. The number of hydrogen-bond acceptors (Lipinski definition) is 6. The van der Waals surface area contributed by atoms with E-state index in [1.54, 1.807) is 0 Å². The Kier molecular flexibility index (Phi) is 3.51. The Bertz CT molecular complexity index is 517. The molecular formula is C9H14N8O. The second-order valence-electron chi connectivity index (χ2n) is 3.73. The number of carbonyl (C=O) groups is 1. The van der Waals surface area contributed by atoms with E-state index in [4.69, 9.17) is 5.73 Å². The van der Waals surface area contributed by atoms with Gasteiger partial charge in [0.05, 0.1) is 17.9 Å². The zero-order chi connectivity index (χ0) is 13.0. The van der Waals surface area contributed by atoms with Gasteiger partial charge in [-0.3, -0.25) is 9.89 Å². The quantitative estimate of drug-likeness (QED) is 0.558. The van der Waals surface area contributed by atoms with Crippen LogP contribution in [-0.4, -0.2) is 36.7 Å². The number of nitrogens with zero attached hydrogens (tertiary/aromatic N) is 4. The molecule has 2 rings (SSSR count). The molecule has 18 heavy (non-hydrogen) atoms. The Hall–Kier alpha value is -2.45. The summed E-state index contributed by atoms with van der Waals surface area (Å²) in [5.74, 6) is 0.0298. The van der Waals surface area contributed by atoms with Gasteiger partial charge in [0.15, 0.2) is 11.5 Å². The van der Waals surface area contributed by atoms with Crippen LogP contribution in [0.4, 0.5) is 5.69 Å². The summed E-state index contributed by atoms with van der Waals surface area (Å²) in [5, 5.41) is 22.4. The molecule has 0 aliphatic carbocycles. The molecule has 0 bridgehead atoms. The van der Waals surface area contributed by atoms with Gasteiger partial charge in [-0.05, 0) is 6.42 Å². The fourth-order valence-electron chi connectivity index (χ4n) is 1.50. The van der Waals surface area contributed by atoms with Gasteiger partial charge < -0.3 is 11.1 Å². The molecule has 0 saturated heterocycles. The second-order valence-corrected chi connectivity index (χ2v) is 3.73. The number of nitrogens with two attached hydrogens (primary N) is 1. The molecule has 0 aromatic carbocycles. The smallest absolute Gasteiger partial charge is 0.274 e. The molecule has 0 aliphatic heterocycles. The summed E-state index contributed by atoms with van der Waals surface area (Å²) >= 11 is 0. The lowest BCUT2D eigenvalue weighted by atomic mass is 10.2. The average molecular weight is 250 g/mol. The molecule has 0 aliphatic rings. The molecule has 0 unspecified atom stereocenters. The van der Waals surface area contributed by atoms with Gasteiger partial charge in [-0.25, -0.2) is 0 Å². The lowest BCUT2D eigenvalue weighted by Gasteiger charge is -2.00. The van der Waals surface area contributed by atoms with Crippen LogP contribution >= 0.6 is 0 Å². The van der Waals surface area contributed by atoms with Gasteiger partial charge in [-0.2, -0.15) is 10.3 Å². The van der Waals surface area contributed by atoms with E-state index in [2.05, 4.69) is 36.1 Å². The summed E-state index contributed by atoms with van der Waals surface area (Å²) in [7, 11) is 0. The number of aromatic amines is 2. The first-order valence-corrected chi connectivity index (χ1v) is 5.55. The summed E-state index contributed by atoms with van der Waals surface area (Å²) in [6.45, 7) is 2.20. The predicted molar refractivity (Wildman–Crippen MR) is 62.3 cm³/mol. The zero-order valence-corrected chi connectivity index (χ0v) is 9.90. The van der Waals surface area contributed by atoms with Crippen LogP contribution in [0.25, 0.3) is 0 Å². The van der Waals surface area contributed by atoms with E-state index in [0.29, 0.717) is 11.5 Å². The van der Waals surface area contributed by atoms with Crippen molar-refractivity contribution in [1.29, 1.82) is 0 Å². The highest BCUT2D eigenvalue weighted by atomic mass is 16.2. The normalized spacial score (nSPS) is 10.5. The Labute approximate surface area is 103 Å². The average Bonchev–Trinajstić information content (AvgIpc) is 2.98. The van der Waals surface area contributed by atoms with E-state index in [1.807, 2.05) is 6.92 Å². The standard InChI is InChI=1S/C9H14N8O/c1-2-3-5-7(10)8(15-12-5)9(18)11-4-6-13-16-17-14-6/h2-4,10H2,1H3,(H,11,18)(H,12,15)(H,13,14,16,17). The van der Waals surface area contributed by atoms with Gasteiger partial charge in [0, 0.05) is 0 Å². The van der Waals surface area contributed by atoms with Crippen molar-refractivity contribution in [2.75, 3.05) is 5.73 Å². The fraction of sp³-hybridized carbons (Fsp3) is 0.444. The molecule has 2 aromatic heterocycles. The van der Waals surface area contributed by atoms with Crippen LogP contribution in [0.1, 0.15) is 35.4 Å². The van der Waals surface area contributed by atoms with Crippen LogP contribution < -0.4 is 11.1 Å². The largest absolute Gasteiger partial charge is 0.395 e. The van der Waals surface area contributed by atoms with Crippen molar-refractivity contribution in [3.63, 3.8) is 0 Å². The number of tetrazole rings is 1. The van der Waals surface area contributed by atoms with Crippen molar-refractivity contribution in [3.05, 3.63) is 17.2 Å². The summed E-state index contributed by atoms with van der Waals surface area (Å²) in [4.78, 5) is 11.8. The summed E-state index contributed by atoms with van der Waals surface area (Å²) in [6.07, 6.45) is 1.69. The minimum Gasteiger partial charge on any atom is -0.395 e. The SMILES string of the molecule is CCCc1[nH]nc(C(=O)NCc2nn[nH]n2)c1N. The predicted octanol–water partition coefficient (Wildman–Crippen LogP) is -0.612. The number of anilines is 1. The molecule has 0 saturated carbocycles. The highest BCUT2D eigenvalue weighted by molar-refractivity contribution is 5.97. The highest BCUT2D eigenvalue weighted by Gasteiger charge is 2.16. The maximum absolute atomic E-state index is 11.8. The molecule has 0 fully saturated rings. The van der Waals surface area contributed by atoms with E-state index < -0.39 is 0 Å². The van der Waals surface area contributed by atoms with Crippen LogP contribution in [0.2, 0.25) is 0 Å². The number of aryl methyl sites for hydroxylation is 1. The molecule has 9 heteroatoms. The molecule has 96 valence electrons. The molecule has 2 heterocycles. The Morgan fingerprint density at radius 2 is 2.28 bits per heavy atom. The Morgan fingerprint density at radius 3 is 2.94 bits per heavy atom. The first-order chi connectivity index (χ1) is 8.72. The molecule has 9 nitrogen and oxygen atoms in total. The number of hydrogen-bond donors (Lipinski definition) is 4. The summed E-state index contributed by atoms with van der Waals surface area (Å²) in [6, 6.07) is 0. The Morgan fingerprint density at radius 1 is 1.44 bits per heavy atom. The molecule has 5 N–H and O–H groups in total. The van der Waals surface area contributed by atoms with Crippen molar-refractivity contribution < 1.29 is 4.79 Å². The maximum Gasteiger partial charge on any atom is 0.274 e. The second kappa shape index (κ2) is 5.25. The lowest BCUT2D eigenvalue weighted by molar-refractivity contribution is 0.0946. The third-order valence-electron chi connectivity index (χ3n) is 2.39. The van der Waals surface area contributed by atoms with E-state index in [9.17, 15) is 4.79 Å². The molecular weight excluding hydrogens is 236 g/mol. The molecule has 0 spiro atoms. The topological polar surface area (TPSA) is 138 Å². The van der Waals surface area contributed by atoms with Gasteiger partial charge in [0.1, 0.15) is 0 Å². The van der Waals surface area contributed by atoms with Gasteiger partial charge in [-0.15, -0.1) is 10.2 Å². The number of amides is 1. The van der Waals surface area contributed by atoms with Crippen LogP contribution in [-0.2, 0) is 13.0 Å². The summed E-state index contributed by atoms with van der Waals surface area (Å²) in [5.41, 5.74) is 7.20. The maximum atomic E-state index is 11.8. The lowest BCUT2D eigenvalue weighted by Crippen LogP contribution is -2.24. The van der Waals surface area contributed by atoms with Gasteiger partial charge in [0.25, 0.3) is 5.91 Å². The van der Waals surface area contributed by atoms with Crippen LogP contribution in [0.5, 0.6) is 0 Å². The molecule has 0 atom stereocenters. The van der Waals surface area contributed by atoms with E-state index in [-0.39, 0.29) is 18.1 Å². The number of aromatic nitrogens is 6. The minimum atomic E-state index is -0.365. The molecule has 0 radical (unpaired) electrons. The number of carbonyl (C=O) groups excluding carboxylic acids is 1. The van der Waals surface area contributed by atoms with Crippen molar-refractivity contribution in [2.24, 2.45) is 0 Å². The van der Waals surface area contributed by atoms with Gasteiger partial charge in [0.2, 0.25) is 0 Å². The third-order valence-corrected chi connectivity index (χ3v) is 2.39. The van der Waals surface area contributed by atoms with Crippen LogP contribution in [0.3, 0.4) is 0 Å². The first-order valence-electron chi connectivity index (χ1n) is 5.55. The van der Waals surface area contributed by atoms with E-state index in [1.165, 1.54) is 0 Å². The van der Waals surface area contributed by atoms with Gasteiger partial charge in [-0.1, -0.05) is 18.6 Å². The van der Waals surface area contributed by atoms with Crippen molar-refractivity contribution in [1.82, 2.24) is 36.1 Å². The van der Waals surface area contributed by atoms with Crippen molar-refractivity contribution in [3.8, 4) is 0 Å².